The average Bonchev–Trinajstić information content (AvgIpc) is 1.23. The summed E-state index contributed by atoms with van der Waals surface area (Å²) in [5.41, 5.74) is 18.8. The largest absolute Gasteiger partial charge is 0.445 e. The van der Waals surface area contributed by atoms with Gasteiger partial charge in [-0.3, -0.25) is 48.2 Å². The molecular formula is C70H89F2N13O13. The van der Waals surface area contributed by atoms with Gasteiger partial charge in [0.05, 0.1) is 43.2 Å². The number of hydrogen-bond acceptors (Lipinski definition) is 16. The van der Waals surface area contributed by atoms with E-state index in [1.165, 1.54) is 36.4 Å². The van der Waals surface area contributed by atoms with Crippen molar-refractivity contribution in [1.29, 1.82) is 0 Å². The van der Waals surface area contributed by atoms with Gasteiger partial charge in [-0.25, -0.2) is 28.2 Å². The molecule has 0 aliphatic carbocycles. The normalized spacial score (nSPS) is 13.8. The molecule has 3 aromatic carbocycles. The van der Waals surface area contributed by atoms with E-state index in [0.29, 0.717) is 97.9 Å². The first kappa shape index (κ1) is 76.6. The number of nitrogens with two attached hydrogens (primary N) is 2. The minimum Gasteiger partial charge on any atom is -0.445 e. The number of carbonyl (C=O) groups excluding carboxylic acids is 11. The molecule has 10 N–H and O–H groups in total. The van der Waals surface area contributed by atoms with Gasteiger partial charge in [-0.05, 0) is 104 Å². The quantitative estimate of drug-likeness (QED) is 0.0169. The Morgan fingerprint density at radius 2 is 1.45 bits per heavy atom. The van der Waals surface area contributed by atoms with Gasteiger partial charge in [0, 0.05) is 111 Å². The highest BCUT2D eigenvalue weighted by atomic mass is 19.3. The van der Waals surface area contributed by atoms with Crippen LogP contribution in [0.1, 0.15) is 143 Å². The summed E-state index contributed by atoms with van der Waals surface area (Å²) in [6.07, 6.45) is 9.03. The number of ketones is 1. The fourth-order valence-electron chi connectivity index (χ4n) is 10.7. The number of rotatable bonds is 32. The molecule has 0 fully saturated rings. The molecule has 0 bridgehead atoms. The highest BCUT2D eigenvalue weighted by molar-refractivity contribution is 6.13. The zero-order chi connectivity index (χ0) is 71.5. The molecule has 0 saturated carbocycles. The third kappa shape index (κ3) is 25.0. The minimum absolute atomic E-state index is 0.0375. The number of primary amides is 1. The molecule has 3 aliphatic rings. The number of imide groups is 1. The number of alkyl carbamates (subject to hydrolysis) is 1. The molecule has 0 saturated heterocycles. The standard InChI is InChI=1S/C35H49F2N7O9.C35H40N6O4/c1-22(2)31(43-28(47)9-5-4-6-17-44-29(48)14-15-30(44)49)27(46)18-25(8-7-16-39-33(38)51)32(50)42-26-12-10-24(11-13-26)19-53-34(52)41-21-35(36,37)20-40-23(3)45;1-4-13-40(14-5-2)34(43)27-16-25-10-11-26(18-31(25)39-32(36)19-27)33(42)38-29-17-28-21-41(15-12-30(28)37-20-29)35(44)45-22-24-8-6-23(3)7-9-24/h10-15,22,25,31H,4-9,16-21H2,1-3H3,(H,40,45)(H,41,52)(H,42,50)(H,43,47)(H3,38,39,51);6-11,16-18,20H,4-5,12-15,19,21-22H2,1-3H3,(H2,36,39)(H,38,42)/t25-,31+;/m1./s1. The highest BCUT2D eigenvalue weighted by Gasteiger charge is 2.32. The number of pyridine rings is 1. The number of aryl methyl sites for hydroxylation is 1. The number of ether oxygens (including phenoxy) is 2. The van der Waals surface area contributed by atoms with Crippen LogP contribution in [0.5, 0.6) is 0 Å². The van der Waals surface area contributed by atoms with E-state index in [1.807, 2.05) is 58.9 Å². The zero-order valence-corrected chi connectivity index (χ0v) is 56.3. The Balaban J connectivity index is 0.000000313. The minimum atomic E-state index is -3.38. The first-order valence-electron chi connectivity index (χ1n) is 32.8. The number of halogens is 2. The number of benzene rings is 3. The van der Waals surface area contributed by atoms with E-state index >= 15 is 0 Å². The summed E-state index contributed by atoms with van der Waals surface area (Å²) in [5, 5.41) is 14.8. The van der Waals surface area contributed by atoms with Crippen molar-refractivity contribution in [2.24, 2.45) is 28.3 Å². The molecule has 3 aliphatic heterocycles. The molecule has 26 nitrogen and oxygen atoms in total. The smallest absolute Gasteiger partial charge is 0.410 e. The summed E-state index contributed by atoms with van der Waals surface area (Å²) < 4.78 is 38.0. The molecule has 0 radical (unpaired) electrons. The first-order chi connectivity index (χ1) is 46.7. The summed E-state index contributed by atoms with van der Waals surface area (Å²) in [6.45, 7) is 11.3. The number of nitrogens with one attached hydrogen (secondary N) is 6. The maximum Gasteiger partial charge on any atom is 0.410 e. The second-order valence-corrected chi connectivity index (χ2v) is 24.5. The molecule has 2 atom stereocenters. The Labute approximate surface area is 568 Å². The SMILES string of the molecule is CC(=O)NCC(F)(F)CNC(=O)OCc1ccc(NC(=O)[C@H](CCCNC(N)=O)CC(=O)[C@@H](NC(=O)CCCCCN2C(=O)C=CC2=O)C(C)C)cc1.CCCN(CCC)C(=O)C1=Cc2ccc(C(=O)Nc3cnc4c(c3)CN(C(=O)OCc3ccc(C)cc3)CC4)cc2N=C(N)C1. The topological polar surface area (TPSA) is 365 Å². The van der Waals surface area contributed by atoms with Crippen molar-refractivity contribution in [3.05, 3.63) is 136 Å². The van der Waals surface area contributed by atoms with Crippen LogP contribution in [-0.4, -0.2) is 149 Å². The number of unbranched alkanes of at least 4 members (excludes halogenated alkanes) is 2. The highest BCUT2D eigenvalue weighted by Crippen LogP contribution is 2.30. The zero-order valence-electron chi connectivity index (χ0n) is 56.3. The lowest BCUT2D eigenvalue weighted by atomic mass is 9.89. The number of aliphatic imine (C=N–C) groups is 1. The van der Waals surface area contributed by atoms with Crippen LogP contribution in [0.2, 0.25) is 0 Å². The first-order valence-corrected chi connectivity index (χ1v) is 32.8. The van der Waals surface area contributed by atoms with E-state index in [-0.39, 0.29) is 99.3 Å². The summed E-state index contributed by atoms with van der Waals surface area (Å²) in [5.74, 6) is -7.10. The van der Waals surface area contributed by atoms with Gasteiger partial charge in [-0.15, -0.1) is 0 Å². The fraction of sp³-hybridized carbons (Fsp3) is 0.443. The van der Waals surface area contributed by atoms with E-state index in [1.54, 1.807) is 43.1 Å². The molecule has 526 valence electrons. The third-order valence-corrected chi connectivity index (χ3v) is 15.9. The fourth-order valence-corrected chi connectivity index (χ4v) is 10.7. The second-order valence-electron chi connectivity index (χ2n) is 24.5. The predicted octanol–water partition coefficient (Wildman–Crippen LogP) is 8.03. The molecule has 28 heteroatoms. The summed E-state index contributed by atoms with van der Waals surface area (Å²) >= 11 is 0. The van der Waals surface area contributed by atoms with E-state index in [2.05, 4.69) is 45.1 Å². The van der Waals surface area contributed by atoms with E-state index in [9.17, 15) is 61.5 Å². The van der Waals surface area contributed by atoms with E-state index in [0.717, 1.165) is 52.6 Å². The van der Waals surface area contributed by atoms with Gasteiger partial charge in [-0.2, -0.15) is 0 Å². The van der Waals surface area contributed by atoms with Crippen LogP contribution in [-0.2, 0) is 69.2 Å². The Morgan fingerprint density at radius 1 is 0.786 bits per heavy atom. The molecule has 11 amide bonds. The number of fused-ring (bicyclic) bond motifs is 2. The monoisotopic (exact) mass is 1360 g/mol. The van der Waals surface area contributed by atoms with Gasteiger partial charge < -0.3 is 62.6 Å². The van der Waals surface area contributed by atoms with E-state index in [4.69, 9.17) is 20.9 Å². The Bertz CT molecular complexity index is 3590. The van der Waals surface area contributed by atoms with Gasteiger partial charge in [0.15, 0.2) is 5.78 Å². The number of Topliss-reactive ketones (excluding diaryl/α,β-unsaturated/α-hetero) is 1. The number of amidine groups is 1. The van der Waals surface area contributed by atoms with Gasteiger partial charge in [0.1, 0.15) is 19.0 Å². The number of aromatic nitrogens is 1. The number of nitrogens with zero attached hydrogens (tertiary/aromatic N) is 5. The van der Waals surface area contributed by atoms with Crippen LogP contribution in [0, 0.1) is 18.8 Å². The maximum atomic E-state index is 13.8. The Morgan fingerprint density at radius 3 is 2.10 bits per heavy atom. The number of carbonyl (C=O) groups is 11. The van der Waals surface area contributed by atoms with Crippen molar-refractivity contribution < 1.29 is 71.0 Å². The van der Waals surface area contributed by atoms with Gasteiger partial charge >= 0.3 is 18.2 Å². The molecule has 1 aromatic heterocycles. The van der Waals surface area contributed by atoms with Crippen molar-refractivity contribution in [3.63, 3.8) is 0 Å². The average molecular weight is 1360 g/mol. The van der Waals surface area contributed by atoms with E-state index < -0.39 is 54.9 Å². The van der Waals surface area contributed by atoms with Crippen LogP contribution in [0.4, 0.5) is 40.2 Å². The molecule has 4 aromatic rings. The lowest BCUT2D eigenvalue weighted by Gasteiger charge is -2.27. The molecular weight excluding hydrogens is 1270 g/mol. The number of amides is 11. The van der Waals surface area contributed by atoms with Crippen molar-refractivity contribution >= 4 is 94.3 Å². The predicted molar refractivity (Wildman–Crippen MR) is 363 cm³/mol. The van der Waals surface area contributed by atoms with Crippen LogP contribution < -0.4 is 43.4 Å². The van der Waals surface area contributed by atoms with Crippen LogP contribution in [0.25, 0.3) is 6.08 Å². The summed E-state index contributed by atoms with van der Waals surface area (Å²) in [4.78, 5) is 150. The van der Waals surface area contributed by atoms with Gasteiger partial charge in [0.25, 0.3) is 23.6 Å². The lowest BCUT2D eigenvalue weighted by Crippen LogP contribution is -2.45. The number of anilines is 2. The van der Waals surface area contributed by atoms with Crippen molar-refractivity contribution in [2.45, 2.75) is 144 Å². The lowest BCUT2D eigenvalue weighted by molar-refractivity contribution is -0.137. The summed E-state index contributed by atoms with van der Waals surface area (Å²) in [7, 11) is 0. The number of urea groups is 1. The molecule has 0 spiro atoms. The molecule has 7 rings (SSSR count). The van der Waals surface area contributed by atoms with Crippen LogP contribution in [0.15, 0.2) is 102 Å². The van der Waals surface area contributed by atoms with Gasteiger partial charge in [-0.1, -0.05) is 82.1 Å². The third-order valence-electron chi connectivity index (χ3n) is 15.9. The van der Waals surface area contributed by atoms with Gasteiger partial charge in [0.2, 0.25) is 23.6 Å². The Hall–Kier alpha value is -10.4. The molecule has 98 heavy (non-hydrogen) atoms. The molecule has 0 unspecified atom stereocenters. The number of hydrogen-bond donors (Lipinski definition) is 8. The van der Waals surface area contributed by atoms with Crippen molar-refractivity contribution in [3.8, 4) is 0 Å². The summed E-state index contributed by atoms with van der Waals surface area (Å²) in [6, 6.07) is 19.4. The van der Waals surface area contributed by atoms with Crippen LogP contribution >= 0.6 is 0 Å². The number of alkyl halides is 2. The maximum absolute atomic E-state index is 13.8. The molecule has 4 heterocycles. The van der Waals surface area contributed by atoms with Crippen molar-refractivity contribution in [2.75, 3.05) is 56.4 Å². The van der Waals surface area contributed by atoms with Crippen molar-refractivity contribution in [1.82, 2.24) is 41.0 Å². The Kier molecular flexibility index (Phi) is 29.5. The van der Waals surface area contributed by atoms with Crippen LogP contribution in [0.3, 0.4) is 0 Å². The second kappa shape index (κ2) is 37.8.